The minimum Gasteiger partial charge on any atom is -0.426 e. The molecule has 0 heterocycles. The molecule has 2 aliphatic carbocycles. The lowest BCUT2D eigenvalue weighted by Gasteiger charge is -2.32. The molecule has 2 aliphatic rings. The minimum atomic E-state index is -1.31. The maximum Gasteiger partial charge on any atom is 0.326 e. The van der Waals surface area contributed by atoms with E-state index in [4.69, 9.17) is 4.74 Å². The van der Waals surface area contributed by atoms with Crippen LogP contribution in [0, 0.1) is 30.6 Å². The molecule has 0 aliphatic heterocycles. The van der Waals surface area contributed by atoms with Gasteiger partial charge in [0.25, 0.3) is 0 Å². The van der Waals surface area contributed by atoms with Gasteiger partial charge in [-0.1, -0.05) is 19.9 Å². The number of carbonyl (C=O) groups is 3. The fraction of sp³-hybridized carbons (Fsp3) is 0.500. The Morgan fingerprint density at radius 2 is 1.73 bits per heavy atom. The molecular weight excluding hydrogens is 280 g/mol. The molecule has 2 bridgehead atoms. The third kappa shape index (κ3) is 1.73. The predicted octanol–water partition coefficient (Wildman–Crippen LogP) is 2.78. The first kappa shape index (κ1) is 14.9. The van der Waals surface area contributed by atoms with Crippen LogP contribution in [0.3, 0.4) is 0 Å². The summed E-state index contributed by atoms with van der Waals surface area (Å²) in [4.78, 5) is 37.3. The van der Waals surface area contributed by atoms with Gasteiger partial charge in [0.1, 0.15) is 11.2 Å². The molecule has 3 rings (SSSR count). The largest absolute Gasteiger partial charge is 0.426 e. The molecule has 116 valence electrons. The van der Waals surface area contributed by atoms with Crippen molar-refractivity contribution in [2.75, 3.05) is 0 Å². The number of hydrogen-bond acceptors (Lipinski definition) is 4. The van der Waals surface area contributed by atoms with Crippen LogP contribution in [-0.2, 0) is 14.4 Å². The highest BCUT2D eigenvalue weighted by Gasteiger charge is 2.73. The second-order valence-electron chi connectivity index (χ2n) is 7.12. The van der Waals surface area contributed by atoms with E-state index in [1.807, 2.05) is 33.8 Å². The molecule has 1 aromatic rings. The van der Waals surface area contributed by atoms with E-state index in [0.717, 1.165) is 11.1 Å². The molecule has 0 amide bonds. The van der Waals surface area contributed by atoms with Crippen LogP contribution < -0.4 is 4.74 Å². The van der Waals surface area contributed by atoms with Gasteiger partial charge in [-0.05, 0) is 55.4 Å². The second-order valence-corrected chi connectivity index (χ2v) is 7.12. The van der Waals surface area contributed by atoms with E-state index < -0.39 is 28.4 Å². The SMILES string of the molecule is Cc1cc(C)cc(OC(=O)C23CCC(C(=O)C2=O)C3(C)C)c1. The van der Waals surface area contributed by atoms with E-state index in [2.05, 4.69) is 0 Å². The number of rotatable bonds is 2. The van der Waals surface area contributed by atoms with Gasteiger partial charge in [0, 0.05) is 5.92 Å². The third-order valence-electron chi connectivity index (χ3n) is 5.46. The highest BCUT2D eigenvalue weighted by Crippen LogP contribution is 2.62. The summed E-state index contributed by atoms with van der Waals surface area (Å²) in [6, 6.07) is 5.51. The Labute approximate surface area is 129 Å². The van der Waals surface area contributed by atoms with Crippen LogP contribution >= 0.6 is 0 Å². The fourth-order valence-electron chi connectivity index (χ4n) is 4.22. The normalized spacial score (nSPS) is 29.0. The molecule has 4 nitrogen and oxygen atoms in total. The Kier molecular flexibility index (Phi) is 3.06. The van der Waals surface area contributed by atoms with Crippen LogP contribution in [0.2, 0.25) is 0 Å². The molecule has 2 fully saturated rings. The van der Waals surface area contributed by atoms with Gasteiger partial charge in [-0.15, -0.1) is 0 Å². The first-order chi connectivity index (χ1) is 10.2. The zero-order chi connectivity index (χ0) is 16.3. The van der Waals surface area contributed by atoms with Gasteiger partial charge in [-0.3, -0.25) is 14.4 Å². The Morgan fingerprint density at radius 3 is 2.23 bits per heavy atom. The van der Waals surface area contributed by atoms with Gasteiger partial charge in [0.2, 0.25) is 11.6 Å². The number of ether oxygens (including phenoxy) is 1. The lowest BCUT2D eigenvalue weighted by atomic mass is 9.69. The molecule has 0 saturated heterocycles. The van der Waals surface area contributed by atoms with Gasteiger partial charge >= 0.3 is 5.97 Å². The van der Waals surface area contributed by atoms with Crippen molar-refractivity contribution in [3.63, 3.8) is 0 Å². The minimum absolute atomic E-state index is 0.355. The molecule has 0 spiro atoms. The van der Waals surface area contributed by atoms with Crippen molar-refractivity contribution >= 4 is 17.5 Å². The Balaban J connectivity index is 1.98. The molecule has 22 heavy (non-hydrogen) atoms. The fourth-order valence-corrected chi connectivity index (χ4v) is 4.22. The van der Waals surface area contributed by atoms with Crippen molar-refractivity contribution in [3.05, 3.63) is 29.3 Å². The van der Waals surface area contributed by atoms with E-state index in [9.17, 15) is 14.4 Å². The Hall–Kier alpha value is -1.97. The average Bonchev–Trinajstić information content (AvgIpc) is 2.74. The monoisotopic (exact) mass is 300 g/mol. The standard InChI is InChI=1S/C18H20O4/c1-10-7-11(2)9-12(8-10)22-16(21)18-6-5-13(17(18,3)4)14(19)15(18)20/h7-9,13H,5-6H2,1-4H3. The van der Waals surface area contributed by atoms with Crippen LogP contribution in [0.1, 0.15) is 37.8 Å². The summed E-state index contributed by atoms with van der Waals surface area (Å²) in [6.45, 7) is 7.50. The summed E-state index contributed by atoms with van der Waals surface area (Å²) in [7, 11) is 0. The van der Waals surface area contributed by atoms with Crippen molar-refractivity contribution in [2.24, 2.45) is 16.7 Å². The number of esters is 1. The number of Topliss-reactive ketones (excluding diaryl/α,β-unsaturated/α-hetero) is 2. The van der Waals surface area contributed by atoms with E-state index in [1.54, 1.807) is 12.1 Å². The highest BCUT2D eigenvalue weighted by molar-refractivity contribution is 6.47. The second kappa shape index (κ2) is 4.51. The van der Waals surface area contributed by atoms with Crippen molar-refractivity contribution in [1.82, 2.24) is 0 Å². The lowest BCUT2D eigenvalue weighted by Crippen LogP contribution is -2.46. The number of benzene rings is 1. The van der Waals surface area contributed by atoms with E-state index in [1.165, 1.54) is 0 Å². The van der Waals surface area contributed by atoms with Crippen LogP contribution in [0.5, 0.6) is 5.75 Å². The zero-order valence-electron chi connectivity index (χ0n) is 13.4. The van der Waals surface area contributed by atoms with Crippen molar-refractivity contribution < 1.29 is 19.1 Å². The molecule has 0 N–H and O–H groups in total. The molecular formula is C18H20O4. The Morgan fingerprint density at radius 1 is 1.14 bits per heavy atom. The van der Waals surface area contributed by atoms with Crippen LogP contribution in [0.4, 0.5) is 0 Å². The van der Waals surface area contributed by atoms with Gasteiger partial charge in [0.15, 0.2) is 0 Å². The van der Waals surface area contributed by atoms with Gasteiger partial charge in [-0.25, -0.2) is 0 Å². The van der Waals surface area contributed by atoms with E-state index >= 15 is 0 Å². The predicted molar refractivity (Wildman–Crippen MR) is 80.5 cm³/mol. The topological polar surface area (TPSA) is 60.4 Å². The zero-order valence-corrected chi connectivity index (χ0v) is 13.4. The van der Waals surface area contributed by atoms with E-state index in [0.29, 0.717) is 18.6 Å². The van der Waals surface area contributed by atoms with Crippen molar-refractivity contribution in [1.29, 1.82) is 0 Å². The number of hydrogen-bond donors (Lipinski definition) is 0. The van der Waals surface area contributed by atoms with Crippen molar-refractivity contribution in [2.45, 2.75) is 40.5 Å². The molecule has 0 aromatic heterocycles. The maximum absolute atomic E-state index is 12.8. The Bertz CT molecular complexity index is 681. The lowest BCUT2D eigenvalue weighted by molar-refractivity contribution is -0.157. The number of carbonyl (C=O) groups excluding carboxylic acids is 3. The summed E-state index contributed by atoms with van der Waals surface area (Å²) in [5, 5.41) is 0. The van der Waals surface area contributed by atoms with Crippen molar-refractivity contribution in [3.8, 4) is 5.75 Å². The summed E-state index contributed by atoms with van der Waals surface area (Å²) in [5.74, 6) is -1.48. The molecule has 2 unspecified atom stereocenters. The van der Waals surface area contributed by atoms with Gasteiger partial charge in [0.05, 0.1) is 0 Å². The molecule has 0 radical (unpaired) electrons. The maximum atomic E-state index is 12.8. The molecule has 4 heteroatoms. The van der Waals surface area contributed by atoms with Crippen LogP contribution in [0.25, 0.3) is 0 Å². The summed E-state index contributed by atoms with van der Waals surface area (Å²) in [6.07, 6.45) is 0.985. The van der Waals surface area contributed by atoms with Gasteiger partial charge in [-0.2, -0.15) is 0 Å². The molecule has 2 saturated carbocycles. The molecule has 1 aromatic carbocycles. The van der Waals surface area contributed by atoms with Crippen LogP contribution in [0.15, 0.2) is 18.2 Å². The first-order valence-electron chi connectivity index (χ1n) is 7.59. The molecule has 2 atom stereocenters. The average molecular weight is 300 g/mol. The summed E-state index contributed by atoms with van der Waals surface area (Å²) >= 11 is 0. The van der Waals surface area contributed by atoms with Gasteiger partial charge < -0.3 is 4.74 Å². The first-order valence-corrected chi connectivity index (χ1v) is 7.59. The highest BCUT2D eigenvalue weighted by atomic mass is 16.5. The summed E-state index contributed by atoms with van der Waals surface area (Å²) in [5.41, 5.74) is -0.0147. The quantitative estimate of drug-likeness (QED) is 0.365. The van der Waals surface area contributed by atoms with Crippen LogP contribution in [-0.4, -0.2) is 17.5 Å². The number of fused-ring (bicyclic) bond motifs is 2. The van der Waals surface area contributed by atoms with E-state index in [-0.39, 0.29) is 5.92 Å². The smallest absolute Gasteiger partial charge is 0.326 e. The number of aryl methyl sites for hydroxylation is 2. The third-order valence-corrected chi connectivity index (χ3v) is 5.46. The summed E-state index contributed by atoms with van der Waals surface area (Å²) < 4.78 is 5.52. The number of ketones is 2.